The molecule has 0 aromatic carbocycles. The fraction of sp³-hybridized carbons (Fsp3) is 0.875. The summed E-state index contributed by atoms with van der Waals surface area (Å²) in [6, 6.07) is 0.0544. The summed E-state index contributed by atoms with van der Waals surface area (Å²) in [5.41, 5.74) is -0.524. The van der Waals surface area contributed by atoms with Crippen molar-refractivity contribution in [1.29, 1.82) is 0 Å². The summed E-state index contributed by atoms with van der Waals surface area (Å²) >= 11 is 0. The highest BCUT2D eigenvalue weighted by molar-refractivity contribution is 5.76. The Bertz CT molecular complexity index is 436. The molecule has 3 unspecified atom stereocenters. The Hall–Kier alpha value is -1.34. The zero-order chi connectivity index (χ0) is 17.0. The maximum atomic E-state index is 12.0. The van der Waals surface area contributed by atoms with Crippen LogP contribution in [0.3, 0.4) is 0 Å². The van der Waals surface area contributed by atoms with Crippen LogP contribution in [0.4, 0.5) is 4.79 Å². The Labute approximate surface area is 138 Å². The molecule has 2 rings (SSSR count). The number of esters is 1. The van der Waals surface area contributed by atoms with Crippen LogP contribution in [0, 0.1) is 0 Å². The molecular weight excluding hydrogens is 298 g/mol. The van der Waals surface area contributed by atoms with Gasteiger partial charge in [-0.05, 0) is 46.6 Å². The molecule has 7 nitrogen and oxygen atoms in total. The molecule has 7 heteroatoms. The van der Waals surface area contributed by atoms with Crippen LogP contribution in [-0.2, 0) is 14.3 Å². The first kappa shape index (κ1) is 18.0. The predicted molar refractivity (Wildman–Crippen MR) is 86.2 cm³/mol. The molecule has 3 atom stereocenters. The number of rotatable bonds is 2. The summed E-state index contributed by atoms with van der Waals surface area (Å²) < 4.78 is 10.3. The normalized spacial score (nSPS) is 29.1. The minimum absolute atomic E-state index is 0.0992. The van der Waals surface area contributed by atoms with E-state index in [1.807, 2.05) is 20.8 Å². The Morgan fingerprint density at radius 2 is 1.96 bits per heavy atom. The Morgan fingerprint density at radius 3 is 2.61 bits per heavy atom. The minimum atomic E-state index is -0.524. The van der Waals surface area contributed by atoms with Crippen LogP contribution in [0.15, 0.2) is 0 Å². The fourth-order valence-electron chi connectivity index (χ4n) is 3.35. The molecule has 0 spiro atoms. The smallest absolute Gasteiger partial charge is 0.407 e. The van der Waals surface area contributed by atoms with Crippen molar-refractivity contribution in [2.75, 3.05) is 26.7 Å². The highest BCUT2D eigenvalue weighted by atomic mass is 16.6. The molecule has 2 heterocycles. The molecule has 2 aliphatic rings. The number of hydrogen-bond donors (Lipinski definition) is 2. The van der Waals surface area contributed by atoms with Gasteiger partial charge in [-0.3, -0.25) is 9.69 Å². The maximum absolute atomic E-state index is 12.0. The van der Waals surface area contributed by atoms with Crippen molar-refractivity contribution >= 4 is 12.1 Å². The first-order valence-electron chi connectivity index (χ1n) is 8.34. The van der Waals surface area contributed by atoms with Gasteiger partial charge in [0, 0.05) is 19.1 Å². The van der Waals surface area contributed by atoms with Crippen LogP contribution in [-0.4, -0.2) is 67.4 Å². The number of amides is 1. The molecule has 132 valence electrons. The van der Waals surface area contributed by atoms with Crippen LogP contribution < -0.4 is 10.6 Å². The van der Waals surface area contributed by atoms with E-state index in [-0.39, 0.29) is 18.1 Å². The third-order valence-electron chi connectivity index (χ3n) is 4.31. The lowest BCUT2D eigenvalue weighted by atomic mass is 10.1. The Morgan fingerprint density at radius 1 is 1.22 bits per heavy atom. The molecule has 0 aliphatic carbocycles. The van der Waals surface area contributed by atoms with Gasteiger partial charge in [0.05, 0.1) is 13.2 Å². The van der Waals surface area contributed by atoms with Crippen molar-refractivity contribution in [2.45, 2.75) is 63.8 Å². The Balaban J connectivity index is 2.00. The molecule has 2 N–H and O–H groups in total. The number of ether oxygens (including phenoxy) is 2. The average Bonchev–Trinajstić information content (AvgIpc) is 2.79. The van der Waals surface area contributed by atoms with E-state index in [1.165, 1.54) is 7.11 Å². The van der Waals surface area contributed by atoms with Crippen molar-refractivity contribution in [1.82, 2.24) is 15.5 Å². The van der Waals surface area contributed by atoms with Crippen LogP contribution in [0.2, 0.25) is 0 Å². The molecule has 0 bridgehead atoms. The minimum Gasteiger partial charge on any atom is -0.468 e. The van der Waals surface area contributed by atoms with Gasteiger partial charge < -0.3 is 20.1 Å². The Kier molecular flexibility index (Phi) is 5.86. The summed E-state index contributed by atoms with van der Waals surface area (Å²) in [4.78, 5) is 26.2. The van der Waals surface area contributed by atoms with Crippen LogP contribution in [0.25, 0.3) is 0 Å². The van der Waals surface area contributed by atoms with Crippen LogP contribution in [0.1, 0.15) is 40.0 Å². The van der Waals surface area contributed by atoms with Crippen LogP contribution in [0.5, 0.6) is 0 Å². The maximum Gasteiger partial charge on any atom is 0.407 e. The molecule has 2 saturated heterocycles. The number of methoxy groups -OCH3 is 1. The quantitative estimate of drug-likeness (QED) is 0.733. The van der Waals surface area contributed by atoms with Gasteiger partial charge in [-0.1, -0.05) is 0 Å². The third-order valence-corrected chi connectivity index (χ3v) is 4.31. The lowest BCUT2D eigenvalue weighted by molar-refractivity contribution is -0.146. The third kappa shape index (κ3) is 5.07. The number of carbonyl (C=O) groups is 2. The SMILES string of the molecule is COC(=O)C1CCC2CCNCC(NC(=O)OC(C)(C)C)CN21. The topological polar surface area (TPSA) is 79.9 Å². The van der Waals surface area contributed by atoms with E-state index in [0.717, 1.165) is 25.8 Å². The van der Waals surface area contributed by atoms with Gasteiger partial charge in [0.25, 0.3) is 0 Å². The first-order chi connectivity index (χ1) is 10.8. The summed E-state index contributed by atoms with van der Waals surface area (Å²) in [6.07, 6.45) is 2.39. The molecule has 0 aromatic rings. The standard InChI is InChI=1S/C16H29N3O4/c1-16(2,3)23-15(21)18-11-9-17-8-7-12-5-6-13(14(20)22-4)19(12)10-11/h11-13,17H,5-10H2,1-4H3,(H,18,21). The zero-order valence-corrected chi connectivity index (χ0v) is 14.6. The summed E-state index contributed by atoms with van der Waals surface area (Å²) in [5, 5.41) is 6.28. The number of alkyl carbamates (subject to hydrolysis) is 1. The fourth-order valence-corrected chi connectivity index (χ4v) is 3.35. The van der Waals surface area contributed by atoms with Gasteiger partial charge in [0.1, 0.15) is 11.6 Å². The second-order valence-electron chi connectivity index (χ2n) is 7.30. The summed E-state index contributed by atoms with van der Waals surface area (Å²) in [6.45, 7) is 7.68. The molecule has 0 radical (unpaired) electrons. The molecule has 2 aliphatic heterocycles. The molecule has 0 aromatic heterocycles. The van der Waals surface area contributed by atoms with Crippen molar-refractivity contribution in [3.63, 3.8) is 0 Å². The van der Waals surface area contributed by atoms with Gasteiger partial charge in [-0.25, -0.2) is 4.79 Å². The van der Waals surface area contributed by atoms with Crippen molar-refractivity contribution in [3.8, 4) is 0 Å². The van der Waals surface area contributed by atoms with E-state index < -0.39 is 11.7 Å². The largest absolute Gasteiger partial charge is 0.468 e. The van der Waals surface area contributed by atoms with Gasteiger partial charge >= 0.3 is 12.1 Å². The number of carbonyl (C=O) groups excluding carboxylic acids is 2. The van der Waals surface area contributed by atoms with Gasteiger partial charge in [0.2, 0.25) is 0 Å². The number of fused-ring (bicyclic) bond motifs is 1. The molecule has 2 fully saturated rings. The predicted octanol–water partition coefficient (Wildman–Crippen LogP) is 0.879. The first-order valence-corrected chi connectivity index (χ1v) is 8.34. The van der Waals surface area contributed by atoms with E-state index in [9.17, 15) is 9.59 Å². The monoisotopic (exact) mass is 327 g/mol. The van der Waals surface area contributed by atoms with Crippen molar-refractivity contribution < 1.29 is 19.1 Å². The van der Waals surface area contributed by atoms with Crippen LogP contribution >= 0.6 is 0 Å². The van der Waals surface area contributed by atoms with Gasteiger partial charge in [-0.2, -0.15) is 0 Å². The summed E-state index contributed by atoms with van der Waals surface area (Å²) in [7, 11) is 1.43. The van der Waals surface area contributed by atoms with E-state index in [0.29, 0.717) is 19.1 Å². The zero-order valence-electron chi connectivity index (χ0n) is 14.6. The molecule has 0 saturated carbocycles. The average molecular weight is 327 g/mol. The second kappa shape index (κ2) is 7.49. The van der Waals surface area contributed by atoms with E-state index in [4.69, 9.17) is 9.47 Å². The highest BCUT2D eigenvalue weighted by Crippen LogP contribution is 2.28. The van der Waals surface area contributed by atoms with Crippen molar-refractivity contribution in [2.24, 2.45) is 0 Å². The number of hydrogen-bond acceptors (Lipinski definition) is 6. The number of nitrogens with one attached hydrogen (secondary N) is 2. The number of nitrogens with zero attached hydrogens (tertiary/aromatic N) is 1. The van der Waals surface area contributed by atoms with E-state index >= 15 is 0 Å². The molecule has 1 amide bonds. The highest BCUT2D eigenvalue weighted by Gasteiger charge is 2.40. The second-order valence-corrected chi connectivity index (χ2v) is 7.30. The van der Waals surface area contributed by atoms with Gasteiger partial charge in [-0.15, -0.1) is 0 Å². The lowest BCUT2D eigenvalue weighted by Gasteiger charge is -2.35. The van der Waals surface area contributed by atoms with E-state index in [1.54, 1.807) is 0 Å². The molecular formula is C16H29N3O4. The van der Waals surface area contributed by atoms with Crippen molar-refractivity contribution in [3.05, 3.63) is 0 Å². The summed E-state index contributed by atoms with van der Waals surface area (Å²) in [5.74, 6) is -0.183. The van der Waals surface area contributed by atoms with Gasteiger partial charge in [0.15, 0.2) is 0 Å². The molecule has 23 heavy (non-hydrogen) atoms. The van der Waals surface area contributed by atoms with E-state index in [2.05, 4.69) is 15.5 Å². The lowest BCUT2D eigenvalue weighted by Crippen LogP contribution is -2.56.